The van der Waals surface area contributed by atoms with E-state index in [1.54, 1.807) is 6.07 Å². The molecule has 3 heteroatoms. The molecule has 2 N–H and O–H groups in total. The van der Waals surface area contributed by atoms with Gasteiger partial charge in [-0.1, -0.05) is 18.5 Å². The van der Waals surface area contributed by atoms with Crippen LogP contribution >= 0.6 is 11.6 Å². The second kappa shape index (κ2) is 4.28. The first-order chi connectivity index (χ1) is 6.49. The molecule has 0 spiro atoms. The summed E-state index contributed by atoms with van der Waals surface area (Å²) in [6, 6.07) is 1.65. The zero-order valence-corrected chi connectivity index (χ0v) is 9.45. The van der Waals surface area contributed by atoms with E-state index in [-0.39, 0.29) is 16.8 Å². The molecule has 14 heavy (non-hydrogen) atoms. The van der Waals surface area contributed by atoms with Crippen LogP contribution in [-0.2, 0) is 0 Å². The summed E-state index contributed by atoms with van der Waals surface area (Å²) in [6.07, 6.45) is 0. The Morgan fingerprint density at radius 1 is 1.50 bits per heavy atom. The highest BCUT2D eigenvalue weighted by Crippen LogP contribution is 2.29. The summed E-state index contributed by atoms with van der Waals surface area (Å²) in [7, 11) is 0. The van der Waals surface area contributed by atoms with Crippen molar-refractivity contribution in [3.05, 3.63) is 33.6 Å². The maximum atomic E-state index is 13.7. The third kappa shape index (κ3) is 1.91. The van der Waals surface area contributed by atoms with E-state index >= 15 is 0 Å². The van der Waals surface area contributed by atoms with Crippen molar-refractivity contribution < 1.29 is 4.39 Å². The normalized spacial score (nSPS) is 13.0. The van der Waals surface area contributed by atoms with Gasteiger partial charge < -0.3 is 5.73 Å². The van der Waals surface area contributed by atoms with Crippen LogP contribution in [0.3, 0.4) is 0 Å². The molecule has 0 fully saturated rings. The lowest BCUT2D eigenvalue weighted by Crippen LogP contribution is -2.13. The molecule has 0 amide bonds. The fourth-order valence-corrected chi connectivity index (χ4v) is 1.84. The average molecular weight is 216 g/mol. The lowest BCUT2D eigenvalue weighted by molar-refractivity contribution is 0.587. The number of benzene rings is 1. The molecule has 0 bridgehead atoms. The second-order valence-electron chi connectivity index (χ2n) is 3.66. The van der Waals surface area contributed by atoms with E-state index in [1.165, 1.54) is 0 Å². The maximum Gasteiger partial charge on any atom is 0.145 e. The van der Waals surface area contributed by atoms with E-state index in [9.17, 15) is 4.39 Å². The fourth-order valence-electron chi connectivity index (χ4n) is 1.57. The van der Waals surface area contributed by atoms with Gasteiger partial charge >= 0.3 is 0 Å². The summed E-state index contributed by atoms with van der Waals surface area (Å²) in [4.78, 5) is 0. The van der Waals surface area contributed by atoms with Crippen molar-refractivity contribution in [2.45, 2.75) is 26.7 Å². The SMILES string of the molecule is Cc1cc(Cl)c(F)c(C(C)CN)c1C. The zero-order chi connectivity index (χ0) is 10.9. The zero-order valence-electron chi connectivity index (χ0n) is 8.70. The minimum Gasteiger partial charge on any atom is -0.330 e. The number of rotatable bonds is 2. The Balaban J connectivity index is 3.39. The Bertz CT molecular complexity index is 323. The van der Waals surface area contributed by atoms with Crippen LogP contribution in [0.25, 0.3) is 0 Å². The molecule has 1 aromatic carbocycles. The van der Waals surface area contributed by atoms with Crippen LogP contribution in [0, 0.1) is 19.7 Å². The van der Waals surface area contributed by atoms with E-state index in [2.05, 4.69) is 0 Å². The number of hydrogen-bond donors (Lipinski definition) is 1. The monoisotopic (exact) mass is 215 g/mol. The van der Waals surface area contributed by atoms with Crippen molar-refractivity contribution in [2.24, 2.45) is 5.73 Å². The number of nitrogens with two attached hydrogens (primary N) is 1. The average Bonchev–Trinajstić information content (AvgIpc) is 2.15. The summed E-state index contributed by atoms with van der Waals surface area (Å²) in [5.41, 5.74) is 8.14. The van der Waals surface area contributed by atoms with Crippen molar-refractivity contribution in [3.63, 3.8) is 0 Å². The molecule has 0 heterocycles. The van der Waals surface area contributed by atoms with Gasteiger partial charge in [-0.25, -0.2) is 4.39 Å². The standard InChI is InChI=1S/C11H15ClFN/c1-6-4-9(12)11(13)10(8(6)3)7(2)5-14/h4,7H,5,14H2,1-3H3. The van der Waals surface area contributed by atoms with Crippen molar-refractivity contribution >= 4 is 11.6 Å². The molecule has 0 aromatic heterocycles. The first-order valence-corrected chi connectivity index (χ1v) is 5.02. The lowest BCUT2D eigenvalue weighted by atomic mass is 9.93. The highest BCUT2D eigenvalue weighted by Gasteiger charge is 2.16. The van der Waals surface area contributed by atoms with Gasteiger partial charge in [-0.05, 0) is 49.1 Å². The summed E-state index contributed by atoms with van der Waals surface area (Å²) in [6.45, 7) is 6.16. The molecule has 1 atom stereocenters. The van der Waals surface area contributed by atoms with E-state index in [4.69, 9.17) is 17.3 Å². The van der Waals surface area contributed by atoms with Crippen molar-refractivity contribution in [2.75, 3.05) is 6.54 Å². The summed E-state index contributed by atoms with van der Waals surface area (Å²) in [5.74, 6) is -0.319. The minimum absolute atomic E-state index is 0.00685. The fraction of sp³-hybridized carbons (Fsp3) is 0.455. The van der Waals surface area contributed by atoms with Gasteiger partial charge in [0.2, 0.25) is 0 Å². The van der Waals surface area contributed by atoms with Crippen LogP contribution in [-0.4, -0.2) is 6.54 Å². The van der Waals surface area contributed by atoms with Gasteiger partial charge in [0.1, 0.15) is 5.82 Å². The maximum absolute atomic E-state index is 13.7. The Morgan fingerprint density at radius 3 is 2.57 bits per heavy atom. The highest BCUT2D eigenvalue weighted by molar-refractivity contribution is 6.30. The number of halogens is 2. The van der Waals surface area contributed by atoms with Crippen LogP contribution in [0.2, 0.25) is 5.02 Å². The van der Waals surface area contributed by atoms with Gasteiger partial charge in [-0.2, -0.15) is 0 Å². The molecule has 0 aliphatic rings. The predicted octanol–water partition coefficient (Wildman–Crippen LogP) is 3.16. The van der Waals surface area contributed by atoms with E-state index in [0.29, 0.717) is 12.1 Å². The molecule has 0 saturated heterocycles. The summed E-state index contributed by atoms with van der Waals surface area (Å²) >= 11 is 5.78. The Morgan fingerprint density at radius 2 is 2.07 bits per heavy atom. The van der Waals surface area contributed by atoms with Crippen LogP contribution in [0.15, 0.2) is 6.07 Å². The topological polar surface area (TPSA) is 26.0 Å². The Hall–Kier alpha value is -0.600. The summed E-state index contributed by atoms with van der Waals surface area (Å²) in [5, 5.41) is 0.184. The van der Waals surface area contributed by atoms with E-state index < -0.39 is 0 Å². The third-order valence-corrected chi connectivity index (χ3v) is 2.91. The number of aryl methyl sites for hydroxylation is 1. The quantitative estimate of drug-likeness (QED) is 0.806. The minimum atomic E-state index is -0.326. The van der Waals surface area contributed by atoms with Crippen LogP contribution < -0.4 is 5.73 Å². The van der Waals surface area contributed by atoms with Gasteiger partial charge in [0, 0.05) is 0 Å². The molecule has 1 rings (SSSR count). The lowest BCUT2D eigenvalue weighted by Gasteiger charge is -2.16. The summed E-state index contributed by atoms with van der Waals surface area (Å²) < 4.78 is 13.7. The molecule has 0 saturated carbocycles. The first kappa shape index (κ1) is 11.5. The molecule has 0 aliphatic carbocycles. The molecule has 1 nitrogen and oxygen atoms in total. The van der Waals surface area contributed by atoms with E-state index in [1.807, 2.05) is 20.8 Å². The van der Waals surface area contributed by atoms with Gasteiger partial charge in [0.15, 0.2) is 0 Å². The number of hydrogen-bond acceptors (Lipinski definition) is 1. The van der Waals surface area contributed by atoms with Gasteiger partial charge in [-0.15, -0.1) is 0 Å². The smallest absolute Gasteiger partial charge is 0.145 e. The predicted molar refractivity (Wildman–Crippen MR) is 58.4 cm³/mol. The molecular formula is C11H15ClFN. The van der Waals surface area contributed by atoms with Crippen molar-refractivity contribution in [1.29, 1.82) is 0 Å². The van der Waals surface area contributed by atoms with Crippen LogP contribution in [0.1, 0.15) is 29.5 Å². The third-order valence-electron chi connectivity index (χ3n) is 2.63. The van der Waals surface area contributed by atoms with Crippen molar-refractivity contribution in [1.82, 2.24) is 0 Å². The Kier molecular flexibility index (Phi) is 3.51. The molecule has 1 aromatic rings. The van der Waals surface area contributed by atoms with Gasteiger partial charge in [-0.3, -0.25) is 0 Å². The molecule has 78 valence electrons. The molecular weight excluding hydrogens is 201 g/mol. The van der Waals surface area contributed by atoms with Gasteiger partial charge in [0.05, 0.1) is 5.02 Å². The largest absolute Gasteiger partial charge is 0.330 e. The molecule has 0 radical (unpaired) electrons. The first-order valence-electron chi connectivity index (χ1n) is 4.64. The van der Waals surface area contributed by atoms with Crippen LogP contribution in [0.5, 0.6) is 0 Å². The molecule has 1 unspecified atom stereocenters. The molecule has 0 aliphatic heterocycles. The van der Waals surface area contributed by atoms with E-state index in [0.717, 1.165) is 11.1 Å². The Labute approximate surface area is 89.1 Å². The second-order valence-corrected chi connectivity index (χ2v) is 4.07. The van der Waals surface area contributed by atoms with Crippen LogP contribution in [0.4, 0.5) is 4.39 Å². The highest BCUT2D eigenvalue weighted by atomic mass is 35.5. The van der Waals surface area contributed by atoms with Gasteiger partial charge in [0.25, 0.3) is 0 Å². The van der Waals surface area contributed by atoms with Crippen molar-refractivity contribution in [3.8, 4) is 0 Å².